The number of hydrogen-bond donors (Lipinski definition) is 3. The van der Waals surface area contributed by atoms with Gasteiger partial charge in [-0.15, -0.1) is 0 Å². The van der Waals surface area contributed by atoms with Crippen LogP contribution in [0.25, 0.3) is 0 Å². The molecule has 3 amide bonds. The van der Waals surface area contributed by atoms with Gasteiger partial charge in [0.15, 0.2) is 0 Å². The lowest BCUT2D eigenvalue weighted by Crippen LogP contribution is -2.37. The van der Waals surface area contributed by atoms with Crippen molar-refractivity contribution >= 4 is 11.9 Å². The Morgan fingerprint density at radius 2 is 1.92 bits per heavy atom. The molecule has 1 atom stereocenters. The van der Waals surface area contributed by atoms with E-state index >= 15 is 0 Å². The fourth-order valence-corrected chi connectivity index (χ4v) is 3.35. The molecule has 1 aromatic carbocycles. The molecule has 0 aliphatic carbocycles. The van der Waals surface area contributed by atoms with E-state index in [2.05, 4.69) is 21.6 Å². The highest BCUT2D eigenvalue weighted by Crippen LogP contribution is 2.31. The number of para-hydroxylation sites is 1. The zero-order chi connectivity index (χ0) is 18.8. The highest BCUT2D eigenvalue weighted by atomic mass is 16.5. The molecule has 1 aliphatic rings. The first-order chi connectivity index (χ1) is 12.6. The summed E-state index contributed by atoms with van der Waals surface area (Å²) < 4.78 is 5.52. The van der Waals surface area contributed by atoms with E-state index in [1.165, 1.54) is 12.8 Å². The van der Waals surface area contributed by atoms with Gasteiger partial charge in [-0.2, -0.15) is 0 Å². The van der Waals surface area contributed by atoms with Crippen LogP contribution in [0.4, 0.5) is 4.79 Å². The Bertz CT molecular complexity index is 588. The standard InChI is InChI=1S/C19H30N4O3/c1-26-17-9-3-2-8-15(17)16(23-12-6-7-13-23)14-22-18(24)10-4-5-11-21-19(20)25/h2-3,8-9,16H,4-7,10-14H2,1H3,(H,22,24)(H3,20,21,25). The van der Waals surface area contributed by atoms with Gasteiger partial charge in [0.25, 0.3) is 0 Å². The molecule has 7 heteroatoms. The lowest BCUT2D eigenvalue weighted by molar-refractivity contribution is -0.121. The number of methoxy groups -OCH3 is 1. The van der Waals surface area contributed by atoms with Gasteiger partial charge >= 0.3 is 6.03 Å². The average molecular weight is 362 g/mol. The minimum atomic E-state index is -0.528. The number of ether oxygens (including phenoxy) is 1. The van der Waals surface area contributed by atoms with E-state index in [0.717, 1.165) is 37.2 Å². The number of rotatable bonds is 10. The van der Waals surface area contributed by atoms with Crippen LogP contribution in [0.1, 0.15) is 43.7 Å². The Kier molecular flexibility index (Phi) is 8.21. The monoisotopic (exact) mass is 362 g/mol. The van der Waals surface area contributed by atoms with Crippen molar-refractivity contribution in [1.29, 1.82) is 0 Å². The summed E-state index contributed by atoms with van der Waals surface area (Å²) >= 11 is 0. The van der Waals surface area contributed by atoms with Gasteiger partial charge in [0.1, 0.15) is 5.75 Å². The Morgan fingerprint density at radius 1 is 1.19 bits per heavy atom. The smallest absolute Gasteiger partial charge is 0.312 e. The van der Waals surface area contributed by atoms with E-state index in [9.17, 15) is 9.59 Å². The minimum Gasteiger partial charge on any atom is -0.496 e. The lowest BCUT2D eigenvalue weighted by atomic mass is 10.0. The van der Waals surface area contributed by atoms with Gasteiger partial charge in [-0.3, -0.25) is 9.69 Å². The average Bonchev–Trinajstić information content (AvgIpc) is 3.16. The molecule has 1 heterocycles. The molecule has 0 aromatic heterocycles. The number of likely N-dealkylation sites (tertiary alicyclic amines) is 1. The maximum Gasteiger partial charge on any atom is 0.312 e. The van der Waals surface area contributed by atoms with Gasteiger partial charge in [0, 0.05) is 25.1 Å². The van der Waals surface area contributed by atoms with Gasteiger partial charge < -0.3 is 21.1 Å². The second-order valence-electron chi connectivity index (χ2n) is 6.55. The number of amides is 3. The van der Waals surface area contributed by atoms with Gasteiger partial charge in [-0.25, -0.2) is 4.79 Å². The molecular weight excluding hydrogens is 332 g/mol. The SMILES string of the molecule is COc1ccccc1C(CNC(=O)CCCCNC(N)=O)N1CCCC1. The third kappa shape index (κ3) is 6.22. The van der Waals surface area contributed by atoms with E-state index < -0.39 is 6.03 Å². The molecule has 26 heavy (non-hydrogen) atoms. The summed E-state index contributed by atoms with van der Waals surface area (Å²) in [5.41, 5.74) is 6.12. The Labute approximate surface area is 155 Å². The molecular formula is C19H30N4O3. The molecule has 7 nitrogen and oxygen atoms in total. The Hall–Kier alpha value is -2.28. The second-order valence-corrected chi connectivity index (χ2v) is 6.55. The van der Waals surface area contributed by atoms with Crippen LogP contribution in [0.2, 0.25) is 0 Å². The van der Waals surface area contributed by atoms with Gasteiger partial charge in [-0.1, -0.05) is 18.2 Å². The number of carbonyl (C=O) groups excluding carboxylic acids is 2. The van der Waals surface area contributed by atoms with Crippen molar-refractivity contribution in [3.8, 4) is 5.75 Å². The predicted molar refractivity (Wildman–Crippen MR) is 101 cm³/mol. The normalized spacial score (nSPS) is 15.4. The largest absolute Gasteiger partial charge is 0.496 e. The van der Waals surface area contributed by atoms with Crippen LogP contribution >= 0.6 is 0 Å². The summed E-state index contributed by atoms with van der Waals surface area (Å²) in [5.74, 6) is 0.888. The van der Waals surface area contributed by atoms with Crippen LogP contribution in [0.3, 0.4) is 0 Å². The van der Waals surface area contributed by atoms with Gasteiger partial charge in [-0.05, 0) is 44.8 Å². The first-order valence-electron chi connectivity index (χ1n) is 9.28. The van der Waals surface area contributed by atoms with Crippen LogP contribution in [0.5, 0.6) is 5.75 Å². The number of carbonyl (C=O) groups is 2. The predicted octanol–water partition coefficient (Wildman–Crippen LogP) is 1.79. The van der Waals surface area contributed by atoms with Crippen LogP contribution in [-0.2, 0) is 4.79 Å². The quantitative estimate of drug-likeness (QED) is 0.553. The third-order valence-electron chi connectivity index (χ3n) is 4.70. The topological polar surface area (TPSA) is 96.7 Å². The van der Waals surface area contributed by atoms with Crippen molar-refractivity contribution < 1.29 is 14.3 Å². The van der Waals surface area contributed by atoms with E-state index in [4.69, 9.17) is 10.5 Å². The van der Waals surface area contributed by atoms with Crippen molar-refractivity contribution in [3.05, 3.63) is 29.8 Å². The number of unbranched alkanes of at least 4 members (excludes halogenated alkanes) is 1. The first-order valence-corrected chi connectivity index (χ1v) is 9.28. The molecule has 1 saturated heterocycles. The van der Waals surface area contributed by atoms with Crippen molar-refractivity contribution in [3.63, 3.8) is 0 Å². The molecule has 0 radical (unpaired) electrons. The molecule has 2 rings (SSSR count). The zero-order valence-corrected chi connectivity index (χ0v) is 15.5. The van der Waals surface area contributed by atoms with Crippen LogP contribution < -0.4 is 21.1 Å². The number of urea groups is 1. The number of benzene rings is 1. The van der Waals surface area contributed by atoms with Crippen LogP contribution in [-0.4, -0.2) is 50.1 Å². The first kappa shape index (κ1) is 20.0. The molecule has 0 spiro atoms. The maximum absolute atomic E-state index is 12.2. The number of nitrogens with two attached hydrogens (primary N) is 1. The molecule has 1 fully saturated rings. The highest BCUT2D eigenvalue weighted by Gasteiger charge is 2.26. The van der Waals surface area contributed by atoms with E-state index in [0.29, 0.717) is 19.5 Å². The van der Waals surface area contributed by atoms with Gasteiger partial charge in [0.2, 0.25) is 5.91 Å². The summed E-state index contributed by atoms with van der Waals surface area (Å²) in [5, 5.41) is 5.59. The maximum atomic E-state index is 12.2. The van der Waals surface area contributed by atoms with Crippen LogP contribution in [0.15, 0.2) is 24.3 Å². The minimum absolute atomic E-state index is 0.0307. The molecule has 1 aliphatic heterocycles. The summed E-state index contributed by atoms with van der Waals surface area (Å²) in [6, 6.07) is 7.60. The number of primary amides is 1. The Morgan fingerprint density at radius 3 is 2.62 bits per heavy atom. The van der Waals surface area contributed by atoms with E-state index in [-0.39, 0.29) is 11.9 Å². The molecule has 4 N–H and O–H groups in total. The zero-order valence-electron chi connectivity index (χ0n) is 15.5. The van der Waals surface area contributed by atoms with Crippen molar-refractivity contribution in [2.45, 2.75) is 38.1 Å². The highest BCUT2D eigenvalue weighted by molar-refractivity contribution is 5.76. The van der Waals surface area contributed by atoms with E-state index in [1.807, 2.05) is 18.2 Å². The molecule has 0 bridgehead atoms. The molecule has 144 valence electrons. The Balaban J connectivity index is 1.87. The van der Waals surface area contributed by atoms with Crippen molar-refractivity contribution in [2.75, 3.05) is 33.3 Å². The summed E-state index contributed by atoms with van der Waals surface area (Å²) in [7, 11) is 1.68. The lowest BCUT2D eigenvalue weighted by Gasteiger charge is -2.29. The van der Waals surface area contributed by atoms with Crippen molar-refractivity contribution in [1.82, 2.24) is 15.5 Å². The fourth-order valence-electron chi connectivity index (χ4n) is 3.35. The fraction of sp³-hybridized carbons (Fsp3) is 0.579. The number of hydrogen-bond acceptors (Lipinski definition) is 4. The molecule has 1 aromatic rings. The number of nitrogens with zero attached hydrogens (tertiary/aromatic N) is 1. The van der Waals surface area contributed by atoms with Crippen LogP contribution in [0, 0.1) is 0 Å². The molecule has 1 unspecified atom stereocenters. The van der Waals surface area contributed by atoms with Crippen molar-refractivity contribution in [2.24, 2.45) is 5.73 Å². The number of nitrogens with one attached hydrogen (secondary N) is 2. The summed E-state index contributed by atoms with van der Waals surface area (Å²) in [6.45, 7) is 3.15. The summed E-state index contributed by atoms with van der Waals surface area (Å²) in [4.78, 5) is 25.2. The summed E-state index contributed by atoms with van der Waals surface area (Å²) in [6.07, 6.45) is 4.27. The third-order valence-corrected chi connectivity index (χ3v) is 4.70. The molecule has 0 saturated carbocycles. The van der Waals surface area contributed by atoms with Gasteiger partial charge in [0.05, 0.1) is 13.2 Å². The second kappa shape index (κ2) is 10.7. The van der Waals surface area contributed by atoms with E-state index in [1.54, 1.807) is 7.11 Å².